The van der Waals surface area contributed by atoms with Crippen LogP contribution in [0.3, 0.4) is 0 Å². The zero-order valence-electron chi connectivity index (χ0n) is 12.2. The number of aliphatic hydroxyl groups is 5. The van der Waals surface area contributed by atoms with E-state index in [9.17, 15) is 25.5 Å². The van der Waals surface area contributed by atoms with Gasteiger partial charge in [-0.15, -0.1) is 0 Å². The number of hydrogen-bond acceptors (Lipinski definition) is 6. The van der Waals surface area contributed by atoms with Crippen molar-refractivity contribution in [3.05, 3.63) is 0 Å². The zero-order valence-corrected chi connectivity index (χ0v) is 13.2. The summed E-state index contributed by atoms with van der Waals surface area (Å²) in [6, 6.07) is 0. The second-order valence-electron chi connectivity index (χ2n) is 6.84. The van der Waals surface area contributed by atoms with Crippen molar-refractivity contribution in [2.45, 2.75) is 68.7 Å². The molecule has 6 nitrogen and oxygen atoms in total. The first-order valence-electron chi connectivity index (χ1n) is 6.45. The molecule has 0 saturated carbocycles. The summed E-state index contributed by atoms with van der Waals surface area (Å²) in [6.07, 6.45) is -5.70. The Labute approximate surface area is 114 Å². The summed E-state index contributed by atoms with van der Waals surface area (Å²) < 4.78 is 5.42. The van der Waals surface area contributed by atoms with Crippen molar-refractivity contribution in [2.75, 3.05) is 6.61 Å². The molecule has 1 aliphatic rings. The van der Waals surface area contributed by atoms with Crippen molar-refractivity contribution in [2.24, 2.45) is 0 Å². The van der Waals surface area contributed by atoms with Gasteiger partial charge in [-0.3, -0.25) is 0 Å². The highest BCUT2D eigenvalue weighted by Gasteiger charge is 2.63. The molecule has 0 radical (unpaired) electrons. The van der Waals surface area contributed by atoms with Gasteiger partial charge in [-0.2, -0.15) is 0 Å². The maximum Gasteiger partial charge on any atom is 0.177 e. The molecule has 5 N–H and O–H groups in total. The second-order valence-corrected chi connectivity index (χ2v) is 12.3. The normalized spacial score (nSPS) is 41.4. The van der Waals surface area contributed by atoms with Crippen LogP contribution in [0.5, 0.6) is 0 Å². The molecule has 1 aliphatic heterocycles. The topological polar surface area (TPSA) is 110 Å². The maximum absolute atomic E-state index is 10.8. The molecule has 0 amide bonds. The highest BCUT2D eigenvalue weighted by atomic mass is 28.3. The van der Waals surface area contributed by atoms with Crippen molar-refractivity contribution < 1.29 is 30.3 Å². The van der Waals surface area contributed by atoms with Gasteiger partial charge in [0.2, 0.25) is 0 Å². The van der Waals surface area contributed by atoms with Gasteiger partial charge in [0.05, 0.1) is 6.61 Å². The highest BCUT2D eigenvalue weighted by molar-refractivity contribution is 6.82. The molecule has 0 aromatic carbocycles. The van der Waals surface area contributed by atoms with E-state index in [-0.39, 0.29) is 5.04 Å². The van der Waals surface area contributed by atoms with Gasteiger partial charge >= 0.3 is 0 Å². The SMILES string of the molecule is CC(C)(C)[Si](C)(C)[C@]1(O)O[C@H](CO)[C@H](O)[C@H](O)[C@H]1O. The fraction of sp³-hybridized carbons (Fsp3) is 1.00. The van der Waals surface area contributed by atoms with Gasteiger partial charge in [0.1, 0.15) is 32.5 Å². The number of aliphatic hydroxyl groups excluding tert-OH is 4. The fourth-order valence-electron chi connectivity index (χ4n) is 2.21. The Balaban J connectivity index is 3.22. The average molecular weight is 294 g/mol. The summed E-state index contributed by atoms with van der Waals surface area (Å²) in [5, 5.41) is 49.4. The Kier molecular flexibility index (Phi) is 4.54. The molecule has 114 valence electrons. The van der Waals surface area contributed by atoms with E-state index in [1.54, 1.807) is 0 Å². The minimum absolute atomic E-state index is 0.315. The van der Waals surface area contributed by atoms with Crippen LogP contribution in [-0.2, 0) is 4.74 Å². The van der Waals surface area contributed by atoms with E-state index in [0.717, 1.165) is 0 Å². The summed E-state index contributed by atoms with van der Waals surface area (Å²) in [5.74, 6) is 0. The predicted octanol–water partition coefficient (Wildman–Crippen LogP) is -0.804. The highest BCUT2D eigenvalue weighted by Crippen LogP contribution is 2.47. The Morgan fingerprint density at radius 1 is 1.11 bits per heavy atom. The molecule has 7 heteroatoms. The van der Waals surface area contributed by atoms with Crippen LogP contribution in [0.25, 0.3) is 0 Å². The van der Waals surface area contributed by atoms with E-state index in [1.807, 2.05) is 33.9 Å². The third kappa shape index (κ3) is 2.48. The monoisotopic (exact) mass is 294 g/mol. The Hall–Kier alpha value is -0.0231. The van der Waals surface area contributed by atoms with Crippen molar-refractivity contribution >= 4 is 8.07 Å². The van der Waals surface area contributed by atoms with Gasteiger partial charge in [-0.25, -0.2) is 0 Å². The van der Waals surface area contributed by atoms with E-state index >= 15 is 0 Å². The standard InChI is InChI=1S/C12H26O6Si/c1-11(2,3)19(4,5)12(17)10(16)9(15)8(14)7(6-13)18-12/h7-10,13-17H,6H2,1-5H3/t7-,8+,9+,10-,12-/m1/s1. The molecule has 1 saturated heterocycles. The zero-order chi connectivity index (χ0) is 15.2. The summed E-state index contributed by atoms with van der Waals surface area (Å²) in [5.41, 5.74) is -1.93. The van der Waals surface area contributed by atoms with E-state index < -0.39 is 44.5 Å². The molecule has 19 heavy (non-hydrogen) atoms. The quantitative estimate of drug-likeness (QED) is 0.426. The molecular formula is C12H26O6Si. The first-order chi connectivity index (χ1) is 8.40. The van der Waals surface area contributed by atoms with Crippen LogP contribution in [0.2, 0.25) is 18.1 Å². The summed E-state index contributed by atoms with van der Waals surface area (Å²) >= 11 is 0. The molecule has 0 aliphatic carbocycles. The molecule has 0 unspecified atom stereocenters. The van der Waals surface area contributed by atoms with Gasteiger partial charge in [-0.05, 0) is 5.04 Å². The molecule has 1 fully saturated rings. The lowest BCUT2D eigenvalue weighted by molar-refractivity contribution is -0.316. The lowest BCUT2D eigenvalue weighted by Crippen LogP contribution is -2.75. The molecule has 1 rings (SSSR count). The van der Waals surface area contributed by atoms with Crippen LogP contribution in [0.1, 0.15) is 20.8 Å². The lowest BCUT2D eigenvalue weighted by Gasteiger charge is -2.55. The van der Waals surface area contributed by atoms with Crippen LogP contribution in [0.4, 0.5) is 0 Å². The van der Waals surface area contributed by atoms with E-state index in [2.05, 4.69) is 0 Å². The van der Waals surface area contributed by atoms with Gasteiger partial charge < -0.3 is 30.3 Å². The largest absolute Gasteiger partial charge is 0.394 e. The minimum Gasteiger partial charge on any atom is -0.394 e. The molecular weight excluding hydrogens is 268 g/mol. The van der Waals surface area contributed by atoms with Gasteiger partial charge in [0, 0.05) is 0 Å². The van der Waals surface area contributed by atoms with Crippen LogP contribution in [0, 0.1) is 0 Å². The molecule has 0 aromatic rings. The van der Waals surface area contributed by atoms with E-state index in [0.29, 0.717) is 0 Å². The van der Waals surface area contributed by atoms with Crippen molar-refractivity contribution in [3.8, 4) is 0 Å². The third-order valence-corrected chi connectivity index (χ3v) is 10.7. The molecule has 0 spiro atoms. The fourth-order valence-corrected chi connectivity index (χ4v) is 4.64. The first-order valence-corrected chi connectivity index (χ1v) is 9.45. The maximum atomic E-state index is 10.8. The van der Waals surface area contributed by atoms with Gasteiger partial charge in [-0.1, -0.05) is 33.9 Å². The van der Waals surface area contributed by atoms with E-state index in [4.69, 9.17) is 4.74 Å². The average Bonchev–Trinajstić information content (AvgIpc) is 2.29. The number of ether oxygens (including phenoxy) is 1. The lowest BCUT2D eigenvalue weighted by atomic mass is 9.99. The molecule has 0 aromatic heterocycles. The molecule has 0 bridgehead atoms. The Bertz CT molecular complexity index is 327. The van der Waals surface area contributed by atoms with Gasteiger partial charge in [0.25, 0.3) is 0 Å². The summed E-state index contributed by atoms with van der Waals surface area (Å²) in [6.45, 7) is 8.93. The van der Waals surface area contributed by atoms with Crippen LogP contribution in [-0.4, -0.2) is 70.0 Å². The van der Waals surface area contributed by atoms with Crippen LogP contribution < -0.4 is 0 Å². The molecule has 1 heterocycles. The second kappa shape index (κ2) is 5.07. The number of rotatable bonds is 2. The van der Waals surface area contributed by atoms with Crippen molar-refractivity contribution in [1.82, 2.24) is 0 Å². The molecule has 5 atom stereocenters. The number of hydrogen-bond donors (Lipinski definition) is 5. The third-order valence-electron chi connectivity index (χ3n) is 4.74. The Morgan fingerprint density at radius 3 is 1.95 bits per heavy atom. The predicted molar refractivity (Wildman–Crippen MR) is 72.1 cm³/mol. The van der Waals surface area contributed by atoms with E-state index in [1.165, 1.54) is 0 Å². The summed E-state index contributed by atoms with van der Waals surface area (Å²) in [4.78, 5) is 0. The van der Waals surface area contributed by atoms with Crippen molar-refractivity contribution in [1.29, 1.82) is 0 Å². The van der Waals surface area contributed by atoms with Crippen molar-refractivity contribution in [3.63, 3.8) is 0 Å². The van der Waals surface area contributed by atoms with Gasteiger partial charge in [0.15, 0.2) is 5.41 Å². The summed E-state index contributed by atoms with van der Waals surface area (Å²) in [7, 11) is -2.62. The smallest absolute Gasteiger partial charge is 0.177 e. The van der Waals surface area contributed by atoms with Crippen LogP contribution >= 0.6 is 0 Å². The Morgan fingerprint density at radius 2 is 1.58 bits per heavy atom. The van der Waals surface area contributed by atoms with Crippen LogP contribution in [0.15, 0.2) is 0 Å². The first kappa shape index (κ1) is 17.0. The minimum atomic E-state index is -2.62.